The monoisotopic (exact) mass is 673 g/mol. The molecule has 7 atom stereocenters. The smallest absolute Gasteiger partial charge is 0.306 e. The van der Waals surface area contributed by atoms with E-state index in [4.69, 9.17) is 28.4 Å². The lowest BCUT2D eigenvalue weighted by molar-refractivity contribution is -0.153. The van der Waals surface area contributed by atoms with Crippen molar-refractivity contribution in [1.29, 1.82) is 0 Å². The first kappa shape index (κ1) is 34.1. The number of fused-ring (bicyclic) bond motifs is 4. The van der Waals surface area contributed by atoms with Crippen molar-refractivity contribution in [1.82, 2.24) is 4.31 Å². The molecule has 3 heterocycles. The lowest BCUT2D eigenvalue weighted by atomic mass is 9.90. The van der Waals surface area contributed by atoms with E-state index in [1.807, 2.05) is 30.3 Å². The van der Waals surface area contributed by atoms with Crippen LogP contribution < -0.4 is 9.47 Å². The number of esters is 1. The first-order chi connectivity index (χ1) is 22.8. The third-order valence-electron chi connectivity index (χ3n) is 9.91. The molecule has 1 saturated carbocycles. The summed E-state index contributed by atoms with van der Waals surface area (Å²) in [6, 6.07) is 14.3. The molecule has 3 fully saturated rings. The Hall–Kier alpha value is -2.74. The van der Waals surface area contributed by atoms with Crippen molar-refractivity contribution in [2.24, 2.45) is 17.8 Å². The Labute approximate surface area is 277 Å². The van der Waals surface area contributed by atoms with E-state index in [1.54, 1.807) is 12.1 Å². The van der Waals surface area contributed by atoms with Crippen LogP contribution in [0.25, 0.3) is 0 Å². The number of nitrogens with zero attached hydrogens (tertiary/aromatic N) is 1. The van der Waals surface area contributed by atoms with Gasteiger partial charge in [-0.05, 0) is 68.6 Å². The second-order valence-corrected chi connectivity index (χ2v) is 15.0. The van der Waals surface area contributed by atoms with E-state index in [1.165, 1.54) is 17.5 Å². The predicted molar refractivity (Wildman–Crippen MR) is 172 cm³/mol. The standard InChI is InChI=1S/C35H47NO10S/c1-41-27-11-12-33-31(21-27)45-28-10-9-25(19-28)8-5-15-42-17-14-36(47(33,39)40)22-30(37)26(18-24-6-3-2-4-7-24)20-34(38)46-32-23-44-35-29(32)13-16-43-35/h2-4,6-7,11-12,21,25-26,28-30,32,35,37H,5,8-10,13-20,22-23H2,1H3/t25?,26-,28?,29+,30-,32+,35-/m1/s1. The fraction of sp³-hybridized carbons (Fsp3) is 0.629. The van der Waals surface area contributed by atoms with Crippen LogP contribution in [0.5, 0.6) is 11.5 Å². The van der Waals surface area contributed by atoms with Crippen LogP contribution in [0.2, 0.25) is 0 Å². The van der Waals surface area contributed by atoms with Gasteiger partial charge in [0.15, 0.2) is 6.29 Å². The molecule has 12 heteroatoms. The maximum atomic E-state index is 14.4. The highest BCUT2D eigenvalue weighted by Crippen LogP contribution is 2.38. The van der Waals surface area contributed by atoms with Gasteiger partial charge in [0, 0.05) is 31.7 Å². The summed E-state index contributed by atoms with van der Waals surface area (Å²) in [4.78, 5) is 13.3. The van der Waals surface area contributed by atoms with Gasteiger partial charge in [-0.1, -0.05) is 30.3 Å². The van der Waals surface area contributed by atoms with E-state index in [0.717, 1.165) is 44.1 Å². The van der Waals surface area contributed by atoms with E-state index in [-0.39, 0.29) is 61.7 Å². The highest BCUT2D eigenvalue weighted by Gasteiger charge is 2.44. The van der Waals surface area contributed by atoms with Crippen molar-refractivity contribution < 1.29 is 46.7 Å². The number of aliphatic hydroxyl groups is 1. The third kappa shape index (κ3) is 8.47. The fourth-order valence-electron chi connectivity index (χ4n) is 7.29. The molecule has 3 aliphatic heterocycles. The molecule has 0 radical (unpaired) electrons. The van der Waals surface area contributed by atoms with Gasteiger partial charge in [0.2, 0.25) is 10.0 Å². The quantitative estimate of drug-likeness (QED) is 0.391. The Morgan fingerprint density at radius 1 is 1.04 bits per heavy atom. The van der Waals surface area contributed by atoms with Crippen LogP contribution in [0.15, 0.2) is 53.4 Å². The van der Waals surface area contributed by atoms with Gasteiger partial charge >= 0.3 is 5.97 Å². The van der Waals surface area contributed by atoms with Gasteiger partial charge in [0.1, 0.15) is 22.5 Å². The van der Waals surface area contributed by atoms with E-state index < -0.39 is 34.1 Å². The highest BCUT2D eigenvalue weighted by molar-refractivity contribution is 7.89. The molecule has 2 saturated heterocycles. The van der Waals surface area contributed by atoms with E-state index in [9.17, 15) is 18.3 Å². The maximum absolute atomic E-state index is 14.4. The number of hydrogen-bond acceptors (Lipinski definition) is 10. The Balaban J connectivity index is 1.24. The second-order valence-electron chi connectivity index (χ2n) is 13.1. The molecule has 0 amide bonds. The number of carbonyl (C=O) groups is 1. The number of carbonyl (C=O) groups excluding carboxylic acids is 1. The number of β-amino-alcohol motifs (C(OH)–C–C–N with tert-alkyl or cyclic N) is 1. The minimum Gasteiger partial charge on any atom is -0.497 e. The van der Waals surface area contributed by atoms with Gasteiger partial charge in [-0.3, -0.25) is 4.79 Å². The van der Waals surface area contributed by atoms with Crippen molar-refractivity contribution in [2.45, 2.75) is 80.9 Å². The van der Waals surface area contributed by atoms with Crippen molar-refractivity contribution in [3.8, 4) is 11.5 Å². The van der Waals surface area contributed by atoms with E-state index in [0.29, 0.717) is 31.3 Å². The van der Waals surface area contributed by atoms with Crippen LogP contribution in [-0.4, -0.2) is 95.0 Å². The summed E-state index contributed by atoms with van der Waals surface area (Å²) in [7, 11) is -2.64. The van der Waals surface area contributed by atoms with E-state index >= 15 is 0 Å². The normalized spacial score (nSPS) is 29.1. The molecule has 2 unspecified atom stereocenters. The number of ether oxygens (including phenoxy) is 6. The summed E-state index contributed by atoms with van der Waals surface area (Å²) in [5.41, 5.74) is 0.922. The molecule has 0 spiro atoms. The zero-order valence-corrected chi connectivity index (χ0v) is 27.9. The number of hydrogen-bond donors (Lipinski definition) is 1. The minimum absolute atomic E-state index is 0.00607. The average molecular weight is 674 g/mol. The number of sulfonamides is 1. The Kier molecular flexibility index (Phi) is 11.4. The van der Waals surface area contributed by atoms with Crippen molar-refractivity contribution in [3.05, 3.63) is 54.1 Å². The second kappa shape index (κ2) is 15.7. The molecule has 1 N–H and O–H groups in total. The summed E-state index contributed by atoms with van der Waals surface area (Å²) in [5.74, 6) is 0.173. The molecule has 4 aliphatic rings. The molecule has 1 aliphatic carbocycles. The molecule has 2 aromatic rings. The lowest BCUT2D eigenvalue weighted by Gasteiger charge is -2.30. The Morgan fingerprint density at radius 3 is 2.72 bits per heavy atom. The molecule has 2 aromatic carbocycles. The number of benzene rings is 2. The molecule has 0 aromatic heterocycles. The minimum atomic E-state index is -4.17. The maximum Gasteiger partial charge on any atom is 0.306 e. The molecular weight excluding hydrogens is 626 g/mol. The number of aliphatic hydroxyl groups excluding tert-OH is 1. The SMILES string of the molecule is COc1ccc2c(c1)OC1CCC(CCCOCCN(C[C@@H](O)[C@@H](CC(=O)O[C@H]3CO[C@H]4OCC[C@H]43)Cc3ccccc3)S2(=O)=O)C1. The number of methoxy groups -OCH3 is 1. The molecule has 47 heavy (non-hydrogen) atoms. The summed E-state index contributed by atoms with van der Waals surface area (Å²) in [6.07, 6.45) is 3.65. The molecule has 11 nitrogen and oxygen atoms in total. The summed E-state index contributed by atoms with van der Waals surface area (Å²) in [6.45, 7) is 1.33. The van der Waals surface area contributed by atoms with Crippen molar-refractivity contribution >= 4 is 16.0 Å². The molecular formula is C35H47NO10S. The van der Waals surface area contributed by atoms with Crippen LogP contribution in [0.3, 0.4) is 0 Å². The Morgan fingerprint density at radius 2 is 1.89 bits per heavy atom. The van der Waals surface area contributed by atoms with Crippen molar-refractivity contribution in [3.63, 3.8) is 0 Å². The van der Waals surface area contributed by atoms with Crippen LogP contribution in [0, 0.1) is 17.8 Å². The van der Waals surface area contributed by atoms with Gasteiger partial charge in [0.05, 0.1) is 51.5 Å². The zero-order chi connectivity index (χ0) is 32.8. The molecule has 258 valence electrons. The molecule has 6 rings (SSSR count). The summed E-state index contributed by atoms with van der Waals surface area (Å²) in [5, 5.41) is 11.8. The average Bonchev–Trinajstić information content (AvgIpc) is 3.81. The third-order valence-corrected chi connectivity index (χ3v) is 11.8. The van der Waals surface area contributed by atoms with Gasteiger partial charge < -0.3 is 33.5 Å². The van der Waals surface area contributed by atoms with Crippen LogP contribution >= 0.6 is 0 Å². The Bertz CT molecular complexity index is 1440. The molecule has 2 bridgehead atoms. The first-order valence-electron chi connectivity index (χ1n) is 16.9. The largest absolute Gasteiger partial charge is 0.497 e. The topological polar surface area (TPSA) is 130 Å². The van der Waals surface area contributed by atoms with Gasteiger partial charge in [-0.25, -0.2) is 8.42 Å². The van der Waals surface area contributed by atoms with Gasteiger partial charge in [-0.15, -0.1) is 0 Å². The van der Waals surface area contributed by atoms with Crippen LogP contribution in [0.4, 0.5) is 0 Å². The number of rotatable bonds is 9. The zero-order valence-electron chi connectivity index (χ0n) is 27.0. The van der Waals surface area contributed by atoms with Gasteiger partial charge in [0.25, 0.3) is 0 Å². The van der Waals surface area contributed by atoms with Crippen molar-refractivity contribution in [2.75, 3.05) is 46.6 Å². The van der Waals surface area contributed by atoms with Crippen LogP contribution in [-0.2, 0) is 40.2 Å². The first-order valence-corrected chi connectivity index (χ1v) is 18.3. The fourth-order valence-corrected chi connectivity index (χ4v) is 8.83. The van der Waals surface area contributed by atoms with Gasteiger partial charge in [-0.2, -0.15) is 4.31 Å². The summed E-state index contributed by atoms with van der Waals surface area (Å²) >= 11 is 0. The predicted octanol–water partition coefficient (Wildman–Crippen LogP) is 3.96. The lowest BCUT2D eigenvalue weighted by Crippen LogP contribution is -2.43. The van der Waals surface area contributed by atoms with E-state index in [2.05, 4.69) is 0 Å². The highest BCUT2D eigenvalue weighted by atomic mass is 32.2. The summed E-state index contributed by atoms with van der Waals surface area (Å²) < 4.78 is 64.8. The van der Waals surface area contributed by atoms with Crippen LogP contribution in [0.1, 0.15) is 50.5 Å².